The van der Waals surface area contributed by atoms with Crippen molar-refractivity contribution in [3.05, 3.63) is 194 Å². The van der Waals surface area contributed by atoms with Crippen LogP contribution in [0.5, 0.6) is 0 Å². The molecular weight excluding hydrogens is 701 g/mol. The van der Waals surface area contributed by atoms with Gasteiger partial charge in [0.05, 0.1) is 11.0 Å². The fraction of sp³-hybridized carbons (Fsp3) is 0. The summed E-state index contributed by atoms with van der Waals surface area (Å²) >= 11 is 1.81. The van der Waals surface area contributed by atoms with Crippen LogP contribution in [0.4, 0.5) is 0 Å². The van der Waals surface area contributed by atoms with Gasteiger partial charge in [-0.25, -0.2) is 15.0 Å². The highest BCUT2D eigenvalue weighted by molar-refractivity contribution is 7.26. The van der Waals surface area contributed by atoms with E-state index < -0.39 is 0 Å². The average Bonchev–Trinajstić information content (AvgIpc) is 3.82. The minimum atomic E-state index is 0.658. The van der Waals surface area contributed by atoms with Crippen molar-refractivity contribution >= 4 is 53.3 Å². The normalized spacial score (nSPS) is 11.6. The van der Waals surface area contributed by atoms with Gasteiger partial charge in [0, 0.05) is 53.3 Å². The molecule has 5 heteroatoms. The molecule has 262 valence electrons. The Balaban J connectivity index is 1.07. The van der Waals surface area contributed by atoms with E-state index >= 15 is 0 Å². The zero-order chi connectivity index (χ0) is 37.0. The first-order valence-electron chi connectivity index (χ1n) is 18.8. The van der Waals surface area contributed by atoms with E-state index in [2.05, 4.69) is 162 Å². The summed E-state index contributed by atoms with van der Waals surface area (Å²) in [4.78, 5) is 15.2. The molecule has 0 bridgehead atoms. The number of thiophene rings is 1. The lowest BCUT2D eigenvalue weighted by atomic mass is 9.99. The molecule has 0 saturated carbocycles. The molecule has 3 heterocycles. The lowest BCUT2D eigenvalue weighted by Gasteiger charge is -2.11. The number of fused-ring (bicyclic) bond motifs is 6. The first-order chi connectivity index (χ1) is 27.7. The third kappa shape index (κ3) is 5.48. The smallest absolute Gasteiger partial charge is 0.164 e. The second kappa shape index (κ2) is 13.3. The van der Waals surface area contributed by atoms with Gasteiger partial charge in [-0.1, -0.05) is 146 Å². The van der Waals surface area contributed by atoms with Crippen LogP contribution in [0.15, 0.2) is 194 Å². The Morgan fingerprint density at radius 3 is 1.62 bits per heavy atom. The molecule has 3 aromatic heterocycles. The summed E-state index contributed by atoms with van der Waals surface area (Å²) in [5.41, 5.74) is 11.2. The van der Waals surface area contributed by atoms with Gasteiger partial charge in [0.2, 0.25) is 0 Å². The molecule has 11 aromatic rings. The van der Waals surface area contributed by atoms with Gasteiger partial charge in [0.15, 0.2) is 17.5 Å². The molecular formula is C51H32N4S. The third-order valence-electron chi connectivity index (χ3n) is 10.7. The van der Waals surface area contributed by atoms with Crippen molar-refractivity contribution in [1.29, 1.82) is 0 Å². The highest BCUT2D eigenvalue weighted by Gasteiger charge is 2.19. The Kier molecular flexibility index (Phi) is 7.64. The molecule has 4 nitrogen and oxygen atoms in total. The van der Waals surface area contributed by atoms with Crippen LogP contribution in [0, 0.1) is 0 Å². The van der Waals surface area contributed by atoms with Crippen LogP contribution in [0.25, 0.3) is 104 Å². The number of para-hydroxylation sites is 1. The highest BCUT2D eigenvalue weighted by Crippen LogP contribution is 2.42. The summed E-state index contributed by atoms with van der Waals surface area (Å²) in [6.07, 6.45) is 0. The van der Waals surface area contributed by atoms with Gasteiger partial charge in [-0.3, -0.25) is 0 Å². The van der Waals surface area contributed by atoms with Crippen LogP contribution in [-0.4, -0.2) is 19.5 Å². The predicted molar refractivity (Wildman–Crippen MR) is 234 cm³/mol. The van der Waals surface area contributed by atoms with Crippen molar-refractivity contribution in [3.8, 4) is 62.1 Å². The molecule has 0 atom stereocenters. The quantitative estimate of drug-likeness (QED) is 0.171. The molecule has 0 fully saturated rings. The Bertz CT molecular complexity index is 3180. The fourth-order valence-electron chi connectivity index (χ4n) is 8.01. The van der Waals surface area contributed by atoms with Gasteiger partial charge in [0.1, 0.15) is 0 Å². The maximum Gasteiger partial charge on any atom is 0.164 e. The first kappa shape index (κ1) is 32.2. The topological polar surface area (TPSA) is 43.6 Å². The van der Waals surface area contributed by atoms with Gasteiger partial charge >= 0.3 is 0 Å². The number of hydrogen-bond donors (Lipinski definition) is 0. The fourth-order valence-corrected chi connectivity index (χ4v) is 9.12. The predicted octanol–water partition coefficient (Wildman–Crippen LogP) is 13.7. The number of rotatable bonds is 6. The largest absolute Gasteiger partial charge is 0.309 e. The summed E-state index contributed by atoms with van der Waals surface area (Å²) in [7, 11) is 0. The second-order valence-corrected chi connectivity index (χ2v) is 15.1. The van der Waals surface area contributed by atoms with Gasteiger partial charge in [0.25, 0.3) is 0 Å². The van der Waals surface area contributed by atoms with Crippen molar-refractivity contribution in [3.63, 3.8) is 0 Å². The van der Waals surface area contributed by atoms with Crippen LogP contribution in [0.3, 0.4) is 0 Å². The lowest BCUT2D eigenvalue weighted by Crippen LogP contribution is -2.00. The Labute approximate surface area is 327 Å². The number of nitrogens with zero attached hydrogens (tertiary/aromatic N) is 4. The van der Waals surface area contributed by atoms with Crippen LogP contribution >= 0.6 is 11.3 Å². The monoisotopic (exact) mass is 732 g/mol. The van der Waals surface area contributed by atoms with Gasteiger partial charge in [-0.15, -0.1) is 11.3 Å². The summed E-state index contributed by atoms with van der Waals surface area (Å²) in [6.45, 7) is 0. The standard InChI is InChI=1S/C51H32N4S/c1-4-14-33(15-5-1)36-20-12-21-39(30-36)55-44-24-11-10-22-40(44)42-31-37(26-28-45(42)55)38-27-29-46-43(32-38)48-41(23-13-25-47(48)56-46)51-53-49(34-16-6-2-7-17-34)52-50(54-51)35-18-8-3-9-19-35/h1-32H. The molecule has 0 aliphatic rings. The zero-order valence-corrected chi connectivity index (χ0v) is 31.0. The SMILES string of the molecule is c1ccc(-c2cccc(-n3c4ccccc4c4cc(-c5ccc6sc7cccc(-c8nc(-c9ccccc9)nc(-c9ccccc9)n8)c7c6c5)ccc43)c2)cc1. The first-order valence-corrected chi connectivity index (χ1v) is 19.6. The van der Waals surface area contributed by atoms with E-state index in [4.69, 9.17) is 15.0 Å². The van der Waals surface area contributed by atoms with Crippen molar-refractivity contribution in [2.75, 3.05) is 0 Å². The maximum atomic E-state index is 5.11. The third-order valence-corrected chi connectivity index (χ3v) is 11.8. The van der Waals surface area contributed by atoms with Crippen molar-refractivity contribution < 1.29 is 0 Å². The molecule has 0 amide bonds. The molecule has 0 N–H and O–H groups in total. The Morgan fingerprint density at radius 1 is 0.339 bits per heavy atom. The highest BCUT2D eigenvalue weighted by atomic mass is 32.1. The van der Waals surface area contributed by atoms with Crippen LogP contribution < -0.4 is 0 Å². The number of hydrogen-bond acceptors (Lipinski definition) is 4. The molecule has 56 heavy (non-hydrogen) atoms. The molecule has 0 radical (unpaired) electrons. The van der Waals surface area contributed by atoms with Crippen LogP contribution in [-0.2, 0) is 0 Å². The van der Waals surface area contributed by atoms with E-state index in [-0.39, 0.29) is 0 Å². The summed E-state index contributed by atoms with van der Waals surface area (Å²) in [5.74, 6) is 1.98. The molecule has 0 aliphatic heterocycles. The molecule has 0 aliphatic carbocycles. The average molecular weight is 733 g/mol. The lowest BCUT2D eigenvalue weighted by molar-refractivity contribution is 1.08. The molecule has 8 aromatic carbocycles. The number of benzene rings is 8. The Hall–Kier alpha value is -7.21. The van der Waals surface area contributed by atoms with Crippen LogP contribution in [0.2, 0.25) is 0 Å². The van der Waals surface area contributed by atoms with E-state index in [9.17, 15) is 0 Å². The van der Waals surface area contributed by atoms with Crippen molar-refractivity contribution in [1.82, 2.24) is 19.5 Å². The van der Waals surface area contributed by atoms with E-state index in [0.29, 0.717) is 17.5 Å². The van der Waals surface area contributed by atoms with Gasteiger partial charge in [-0.05, 0) is 70.8 Å². The summed E-state index contributed by atoms with van der Waals surface area (Å²) in [5, 5.41) is 4.82. The molecule has 0 spiro atoms. The Morgan fingerprint density at radius 2 is 0.893 bits per heavy atom. The molecule has 11 rings (SSSR count). The summed E-state index contributed by atoms with van der Waals surface area (Å²) < 4.78 is 4.83. The molecule has 0 saturated heterocycles. The van der Waals surface area contributed by atoms with E-state index in [1.807, 2.05) is 36.4 Å². The van der Waals surface area contributed by atoms with Crippen LogP contribution in [0.1, 0.15) is 0 Å². The minimum absolute atomic E-state index is 0.658. The minimum Gasteiger partial charge on any atom is -0.309 e. The summed E-state index contributed by atoms with van der Waals surface area (Å²) in [6, 6.07) is 68.7. The second-order valence-electron chi connectivity index (χ2n) is 14.0. The van der Waals surface area contributed by atoms with E-state index in [0.717, 1.165) is 27.8 Å². The van der Waals surface area contributed by atoms with E-state index in [1.54, 1.807) is 11.3 Å². The van der Waals surface area contributed by atoms with Gasteiger partial charge in [-0.2, -0.15) is 0 Å². The zero-order valence-electron chi connectivity index (χ0n) is 30.2. The molecule has 0 unspecified atom stereocenters. The maximum absolute atomic E-state index is 5.11. The van der Waals surface area contributed by atoms with E-state index in [1.165, 1.54) is 58.8 Å². The van der Waals surface area contributed by atoms with Gasteiger partial charge < -0.3 is 4.57 Å². The van der Waals surface area contributed by atoms with Crippen molar-refractivity contribution in [2.24, 2.45) is 0 Å². The number of aromatic nitrogens is 4. The van der Waals surface area contributed by atoms with Crippen molar-refractivity contribution in [2.45, 2.75) is 0 Å².